The number of rotatable bonds is 4. The fraction of sp³-hybridized carbons (Fsp3) is 0.400. The van der Waals surface area contributed by atoms with Crippen LogP contribution in [0.2, 0.25) is 0 Å². The molecule has 0 radical (unpaired) electrons. The van der Waals surface area contributed by atoms with Crippen molar-refractivity contribution in [2.45, 2.75) is 32.8 Å². The van der Waals surface area contributed by atoms with Crippen LogP contribution in [-0.4, -0.2) is 14.9 Å². The lowest BCUT2D eigenvalue weighted by molar-refractivity contribution is 0.175. The first-order chi connectivity index (χ1) is 9.01. The van der Waals surface area contributed by atoms with E-state index in [0.717, 1.165) is 33.4 Å². The number of aliphatic hydroxyl groups is 1. The molecular formula is C15H19BrN2O. The Balaban J connectivity index is 2.22. The molecule has 1 heterocycles. The summed E-state index contributed by atoms with van der Waals surface area (Å²) in [5, 5.41) is 14.8. The highest BCUT2D eigenvalue weighted by molar-refractivity contribution is 9.10. The Morgan fingerprint density at radius 1 is 1.37 bits per heavy atom. The van der Waals surface area contributed by atoms with E-state index in [-0.39, 0.29) is 0 Å². The van der Waals surface area contributed by atoms with Crippen molar-refractivity contribution >= 4 is 15.9 Å². The SMILES string of the molecule is CCc1cc(CC(O)c2cc(C)ccc2Br)n(C)n1. The van der Waals surface area contributed by atoms with E-state index in [9.17, 15) is 5.11 Å². The Labute approximate surface area is 122 Å². The molecule has 2 rings (SSSR count). The van der Waals surface area contributed by atoms with Crippen molar-refractivity contribution in [2.24, 2.45) is 7.05 Å². The molecule has 102 valence electrons. The van der Waals surface area contributed by atoms with Gasteiger partial charge in [0.05, 0.1) is 11.8 Å². The molecule has 1 N–H and O–H groups in total. The van der Waals surface area contributed by atoms with Gasteiger partial charge >= 0.3 is 0 Å². The second-order valence-corrected chi connectivity index (χ2v) is 5.70. The predicted molar refractivity (Wildman–Crippen MR) is 80.1 cm³/mol. The van der Waals surface area contributed by atoms with Gasteiger partial charge in [-0.3, -0.25) is 4.68 Å². The summed E-state index contributed by atoms with van der Waals surface area (Å²) in [6.07, 6.45) is 0.971. The first-order valence-electron chi connectivity index (χ1n) is 6.47. The van der Waals surface area contributed by atoms with Crippen LogP contribution in [0.1, 0.15) is 35.5 Å². The molecule has 2 aromatic rings. The highest BCUT2D eigenvalue weighted by Crippen LogP contribution is 2.27. The van der Waals surface area contributed by atoms with Crippen molar-refractivity contribution in [1.29, 1.82) is 0 Å². The van der Waals surface area contributed by atoms with Gasteiger partial charge in [0.1, 0.15) is 0 Å². The Hall–Kier alpha value is -1.13. The van der Waals surface area contributed by atoms with Gasteiger partial charge in [-0.1, -0.05) is 40.5 Å². The van der Waals surface area contributed by atoms with Gasteiger partial charge in [0.2, 0.25) is 0 Å². The lowest BCUT2D eigenvalue weighted by Crippen LogP contribution is -2.07. The maximum absolute atomic E-state index is 10.4. The van der Waals surface area contributed by atoms with Crippen LogP contribution in [0, 0.1) is 6.92 Å². The molecule has 0 amide bonds. The van der Waals surface area contributed by atoms with Crippen molar-refractivity contribution in [3.8, 4) is 0 Å². The van der Waals surface area contributed by atoms with Crippen molar-refractivity contribution in [1.82, 2.24) is 9.78 Å². The zero-order chi connectivity index (χ0) is 14.0. The topological polar surface area (TPSA) is 38.0 Å². The van der Waals surface area contributed by atoms with E-state index in [1.807, 2.05) is 36.9 Å². The molecule has 1 aromatic heterocycles. The van der Waals surface area contributed by atoms with Crippen LogP contribution < -0.4 is 0 Å². The van der Waals surface area contributed by atoms with Crippen LogP contribution in [0.4, 0.5) is 0 Å². The minimum Gasteiger partial charge on any atom is -0.388 e. The molecule has 3 nitrogen and oxygen atoms in total. The lowest BCUT2D eigenvalue weighted by atomic mass is 10.0. The van der Waals surface area contributed by atoms with Gasteiger partial charge in [-0.25, -0.2) is 0 Å². The van der Waals surface area contributed by atoms with Gasteiger partial charge in [-0.2, -0.15) is 5.10 Å². The number of benzene rings is 1. The Kier molecular flexibility index (Phi) is 4.42. The van der Waals surface area contributed by atoms with Gasteiger partial charge in [0.15, 0.2) is 0 Å². The Bertz CT molecular complexity index is 578. The molecule has 0 saturated carbocycles. The Morgan fingerprint density at radius 2 is 2.11 bits per heavy atom. The van der Waals surface area contributed by atoms with E-state index < -0.39 is 6.10 Å². The summed E-state index contributed by atoms with van der Waals surface area (Å²) >= 11 is 3.50. The molecular weight excluding hydrogens is 304 g/mol. The molecule has 1 unspecified atom stereocenters. The standard InChI is InChI=1S/C15H19BrN2O/c1-4-11-8-12(18(3)17-11)9-15(19)13-7-10(2)5-6-14(13)16/h5-8,15,19H,4,9H2,1-3H3. The largest absolute Gasteiger partial charge is 0.388 e. The van der Waals surface area contributed by atoms with Crippen molar-refractivity contribution in [2.75, 3.05) is 0 Å². The molecule has 19 heavy (non-hydrogen) atoms. The molecule has 0 aliphatic carbocycles. The molecule has 0 fully saturated rings. The van der Waals surface area contributed by atoms with E-state index in [2.05, 4.69) is 34.0 Å². The van der Waals surface area contributed by atoms with Gasteiger partial charge in [-0.15, -0.1) is 0 Å². The number of aliphatic hydroxyl groups excluding tert-OH is 1. The number of hydrogen-bond acceptors (Lipinski definition) is 2. The maximum Gasteiger partial charge on any atom is 0.0856 e. The van der Waals surface area contributed by atoms with E-state index in [4.69, 9.17) is 0 Å². The zero-order valence-corrected chi connectivity index (χ0v) is 13.1. The van der Waals surface area contributed by atoms with Crippen LogP contribution in [-0.2, 0) is 19.9 Å². The second kappa shape index (κ2) is 5.88. The molecule has 1 aromatic carbocycles. The summed E-state index contributed by atoms with van der Waals surface area (Å²) in [7, 11) is 1.92. The summed E-state index contributed by atoms with van der Waals surface area (Å²) in [4.78, 5) is 0. The van der Waals surface area contributed by atoms with Crippen LogP contribution in [0.5, 0.6) is 0 Å². The first-order valence-corrected chi connectivity index (χ1v) is 7.26. The summed E-state index contributed by atoms with van der Waals surface area (Å²) in [6.45, 7) is 4.11. The highest BCUT2D eigenvalue weighted by Gasteiger charge is 2.15. The molecule has 0 saturated heterocycles. The van der Waals surface area contributed by atoms with Crippen molar-refractivity contribution in [3.63, 3.8) is 0 Å². The fourth-order valence-corrected chi connectivity index (χ4v) is 2.67. The smallest absolute Gasteiger partial charge is 0.0856 e. The monoisotopic (exact) mass is 322 g/mol. The normalized spacial score (nSPS) is 12.7. The lowest BCUT2D eigenvalue weighted by Gasteiger charge is -2.13. The van der Waals surface area contributed by atoms with Crippen LogP contribution >= 0.6 is 15.9 Å². The average Bonchev–Trinajstić information content (AvgIpc) is 2.73. The summed E-state index contributed by atoms with van der Waals surface area (Å²) in [5.74, 6) is 0. The molecule has 1 atom stereocenters. The first kappa shape index (κ1) is 14.3. The third-order valence-electron chi connectivity index (χ3n) is 3.30. The molecule has 0 aliphatic heterocycles. The summed E-state index contributed by atoms with van der Waals surface area (Å²) in [5.41, 5.74) is 4.20. The Morgan fingerprint density at radius 3 is 2.74 bits per heavy atom. The number of halogens is 1. The van der Waals surface area contributed by atoms with Gasteiger partial charge in [0, 0.05) is 23.6 Å². The number of nitrogens with zero attached hydrogens (tertiary/aromatic N) is 2. The van der Waals surface area contributed by atoms with Crippen LogP contribution in [0.25, 0.3) is 0 Å². The minimum absolute atomic E-state index is 0.519. The molecule has 4 heteroatoms. The summed E-state index contributed by atoms with van der Waals surface area (Å²) < 4.78 is 2.80. The van der Waals surface area contributed by atoms with Gasteiger partial charge < -0.3 is 5.11 Å². The predicted octanol–water partition coefficient (Wildman–Crippen LogP) is 3.33. The number of aryl methyl sites for hydroxylation is 3. The van der Waals surface area contributed by atoms with E-state index in [1.54, 1.807) is 0 Å². The van der Waals surface area contributed by atoms with Gasteiger partial charge in [-0.05, 0) is 31.0 Å². The third-order valence-corrected chi connectivity index (χ3v) is 4.02. The summed E-state index contributed by atoms with van der Waals surface area (Å²) in [6, 6.07) is 8.09. The number of hydrogen-bond donors (Lipinski definition) is 1. The van der Waals surface area contributed by atoms with Crippen LogP contribution in [0.15, 0.2) is 28.7 Å². The fourth-order valence-electron chi connectivity index (χ4n) is 2.16. The van der Waals surface area contributed by atoms with E-state index in [1.165, 1.54) is 0 Å². The quantitative estimate of drug-likeness (QED) is 0.937. The molecule has 0 bridgehead atoms. The van der Waals surface area contributed by atoms with E-state index in [0.29, 0.717) is 6.42 Å². The van der Waals surface area contributed by atoms with Crippen molar-refractivity contribution in [3.05, 3.63) is 51.3 Å². The second-order valence-electron chi connectivity index (χ2n) is 4.85. The van der Waals surface area contributed by atoms with Crippen LogP contribution in [0.3, 0.4) is 0 Å². The van der Waals surface area contributed by atoms with Crippen molar-refractivity contribution < 1.29 is 5.11 Å². The maximum atomic E-state index is 10.4. The zero-order valence-electron chi connectivity index (χ0n) is 11.5. The molecule has 0 spiro atoms. The highest BCUT2D eigenvalue weighted by atomic mass is 79.9. The van der Waals surface area contributed by atoms with E-state index >= 15 is 0 Å². The minimum atomic E-state index is -0.519. The van der Waals surface area contributed by atoms with Gasteiger partial charge in [0.25, 0.3) is 0 Å². The third kappa shape index (κ3) is 3.25. The average molecular weight is 323 g/mol. The molecule has 0 aliphatic rings. The number of aromatic nitrogens is 2.